The van der Waals surface area contributed by atoms with Crippen molar-refractivity contribution >= 4 is 16.7 Å². The summed E-state index contributed by atoms with van der Waals surface area (Å²) in [5.74, 6) is 0.748. The second kappa shape index (κ2) is 5.09. The number of ketones is 1. The van der Waals surface area contributed by atoms with Crippen LogP contribution in [0.2, 0.25) is 0 Å². The fourth-order valence-corrected chi connectivity index (χ4v) is 2.70. The third-order valence-corrected chi connectivity index (χ3v) is 3.72. The summed E-state index contributed by atoms with van der Waals surface area (Å²) in [6, 6.07) is 13.5. The van der Waals surface area contributed by atoms with E-state index in [-0.39, 0.29) is 5.78 Å². The molecule has 3 aromatic rings. The third kappa shape index (κ3) is 2.21. The Kier molecular flexibility index (Phi) is 3.26. The molecule has 0 radical (unpaired) electrons. The van der Waals surface area contributed by atoms with Crippen molar-refractivity contribution in [3.05, 3.63) is 65.4 Å². The van der Waals surface area contributed by atoms with Crippen molar-refractivity contribution in [2.75, 3.05) is 7.11 Å². The first-order chi connectivity index (χ1) is 10.1. The van der Waals surface area contributed by atoms with Crippen molar-refractivity contribution in [3.8, 4) is 5.75 Å². The highest BCUT2D eigenvalue weighted by Gasteiger charge is 2.18. The summed E-state index contributed by atoms with van der Waals surface area (Å²) in [7, 11) is 3.57. The Morgan fingerprint density at radius 2 is 1.90 bits per heavy atom. The lowest BCUT2D eigenvalue weighted by atomic mass is 10.0. The van der Waals surface area contributed by atoms with E-state index in [2.05, 4.69) is 0 Å². The minimum Gasteiger partial charge on any atom is -0.496 e. The number of hydrogen-bond acceptors (Lipinski definition) is 2. The molecule has 0 aliphatic rings. The van der Waals surface area contributed by atoms with Crippen LogP contribution in [0.1, 0.15) is 21.5 Å². The van der Waals surface area contributed by atoms with Gasteiger partial charge >= 0.3 is 0 Å². The Hall–Kier alpha value is -2.55. The number of methoxy groups -OCH3 is 1. The fourth-order valence-electron chi connectivity index (χ4n) is 2.70. The maximum atomic E-state index is 12.8. The van der Waals surface area contributed by atoms with Crippen molar-refractivity contribution in [1.29, 1.82) is 0 Å². The lowest BCUT2D eigenvalue weighted by Gasteiger charge is -2.05. The number of carbonyl (C=O) groups excluding carboxylic acids is 1. The van der Waals surface area contributed by atoms with Gasteiger partial charge in [-0.1, -0.05) is 29.8 Å². The molecule has 0 bridgehead atoms. The van der Waals surface area contributed by atoms with E-state index in [0.717, 1.165) is 22.2 Å². The molecule has 3 heteroatoms. The molecule has 106 valence electrons. The predicted molar refractivity (Wildman–Crippen MR) is 84.1 cm³/mol. The van der Waals surface area contributed by atoms with Crippen LogP contribution in [0, 0.1) is 6.92 Å². The predicted octanol–water partition coefficient (Wildman–Crippen LogP) is 3.73. The summed E-state index contributed by atoms with van der Waals surface area (Å²) in [5.41, 5.74) is 3.45. The van der Waals surface area contributed by atoms with Gasteiger partial charge < -0.3 is 9.30 Å². The summed E-state index contributed by atoms with van der Waals surface area (Å²) in [6.07, 6.45) is 1.87. The summed E-state index contributed by atoms with van der Waals surface area (Å²) in [5, 5.41) is 0.869. The van der Waals surface area contributed by atoms with Crippen LogP contribution in [0.4, 0.5) is 0 Å². The Morgan fingerprint density at radius 3 is 2.62 bits per heavy atom. The van der Waals surface area contributed by atoms with Gasteiger partial charge in [-0.25, -0.2) is 0 Å². The smallest absolute Gasteiger partial charge is 0.195 e. The summed E-state index contributed by atoms with van der Waals surface area (Å²) in [6.45, 7) is 1.99. The summed E-state index contributed by atoms with van der Waals surface area (Å²) in [4.78, 5) is 12.8. The van der Waals surface area contributed by atoms with E-state index >= 15 is 0 Å². The van der Waals surface area contributed by atoms with Gasteiger partial charge in [0.25, 0.3) is 0 Å². The van der Waals surface area contributed by atoms with E-state index in [1.807, 2.05) is 67.2 Å². The van der Waals surface area contributed by atoms with Crippen LogP contribution in [0.5, 0.6) is 5.75 Å². The lowest BCUT2D eigenvalue weighted by Crippen LogP contribution is -2.01. The molecular weight excluding hydrogens is 262 g/mol. The second-order valence-electron chi connectivity index (χ2n) is 5.21. The number of fused-ring (bicyclic) bond motifs is 1. The SMILES string of the molecule is COc1cccc2c1c(C(=O)c1cccc(C)c1)cn2C. The van der Waals surface area contributed by atoms with Crippen molar-refractivity contribution in [3.63, 3.8) is 0 Å². The molecule has 0 spiro atoms. The van der Waals surface area contributed by atoms with Gasteiger partial charge in [-0.3, -0.25) is 4.79 Å². The van der Waals surface area contributed by atoms with Crippen molar-refractivity contribution in [2.24, 2.45) is 7.05 Å². The van der Waals surface area contributed by atoms with Crippen LogP contribution in [0.3, 0.4) is 0 Å². The second-order valence-corrected chi connectivity index (χ2v) is 5.21. The highest BCUT2D eigenvalue weighted by Crippen LogP contribution is 2.31. The quantitative estimate of drug-likeness (QED) is 0.684. The molecule has 0 saturated carbocycles. The van der Waals surface area contributed by atoms with E-state index in [9.17, 15) is 4.79 Å². The van der Waals surface area contributed by atoms with Crippen molar-refractivity contribution in [2.45, 2.75) is 6.92 Å². The van der Waals surface area contributed by atoms with E-state index < -0.39 is 0 Å². The van der Waals surface area contributed by atoms with Crippen LogP contribution in [-0.4, -0.2) is 17.5 Å². The maximum absolute atomic E-state index is 12.8. The molecule has 0 atom stereocenters. The van der Waals surface area contributed by atoms with Crippen LogP contribution < -0.4 is 4.74 Å². The lowest BCUT2D eigenvalue weighted by molar-refractivity contribution is 0.104. The number of rotatable bonds is 3. The Morgan fingerprint density at radius 1 is 1.14 bits per heavy atom. The van der Waals surface area contributed by atoms with Crippen LogP contribution >= 0.6 is 0 Å². The molecule has 1 heterocycles. The number of benzene rings is 2. The largest absolute Gasteiger partial charge is 0.496 e. The molecule has 21 heavy (non-hydrogen) atoms. The molecule has 3 nitrogen and oxygen atoms in total. The first kappa shape index (κ1) is 13.4. The van der Waals surface area contributed by atoms with Gasteiger partial charge in [0.05, 0.1) is 23.6 Å². The normalized spacial score (nSPS) is 10.8. The number of aryl methyl sites for hydroxylation is 2. The standard InChI is InChI=1S/C18H17NO2/c1-12-6-4-7-13(10-12)18(20)14-11-19(2)15-8-5-9-16(21-3)17(14)15/h4-11H,1-3H3. The van der Waals surface area contributed by atoms with Gasteiger partial charge in [-0.05, 0) is 25.1 Å². The van der Waals surface area contributed by atoms with Crippen LogP contribution in [-0.2, 0) is 7.05 Å². The Bertz CT molecular complexity index is 830. The Balaban J connectivity index is 2.23. The number of ether oxygens (including phenoxy) is 1. The highest BCUT2D eigenvalue weighted by molar-refractivity contribution is 6.17. The van der Waals surface area contributed by atoms with E-state index in [1.54, 1.807) is 7.11 Å². The molecule has 0 saturated heterocycles. The molecule has 0 aliphatic heterocycles. The third-order valence-electron chi connectivity index (χ3n) is 3.72. The summed E-state index contributed by atoms with van der Waals surface area (Å²) < 4.78 is 7.38. The fraction of sp³-hybridized carbons (Fsp3) is 0.167. The van der Waals surface area contributed by atoms with Crippen LogP contribution in [0.25, 0.3) is 10.9 Å². The average Bonchev–Trinajstić information content (AvgIpc) is 2.84. The molecule has 0 fully saturated rings. The monoisotopic (exact) mass is 279 g/mol. The zero-order valence-corrected chi connectivity index (χ0v) is 12.4. The van der Waals surface area contributed by atoms with Crippen LogP contribution in [0.15, 0.2) is 48.7 Å². The first-order valence-corrected chi connectivity index (χ1v) is 6.85. The zero-order valence-electron chi connectivity index (χ0n) is 12.4. The van der Waals surface area contributed by atoms with Crippen molar-refractivity contribution in [1.82, 2.24) is 4.57 Å². The molecule has 0 unspecified atom stereocenters. The molecule has 1 aromatic heterocycles. The van der Waals surface area contributed by atoms with E-state index in [4.69, 9.17) is 4.74 Å². The summed E-state index contributed by atoms with van der Waals surface area (Å²) >= 11 is 0. The highest BCUT2D eigenvalue weighted by atomic mass is 16.5. The molecule has 3 rings (SSSR count). The Labute approximate surface area is 123 Å². The van der Waals surface area contributed by atoms with Gasteiger partial charge in [0.15, 0.2) is 5.78 Å². The van der Waals surface area contributed by atoms with Gasteiger partial charge in [-0.15, -0.1) is 0 Å². The molecule has 2 aromatic carbocycles. The molecule has 0 aliphatic carbocycles. The van der Waals surface area contributed by atoms with Crippen molar-refractivity contribution < 1.29 is 9.53 Å². The molecule has 0 amide bonds. The number of nitrogens with zero attached hydrogens (tertiary/aromatic N) is 1. The topological polar surface area (TPSA) is 31.2 Å². The minimum atomic E-state index is 0.0220. The van der Waals surface area contributed by atoms with E-state index in [1.165, 1.54) is 0 Å². The first-order valence-electron chi connectivity index (χ1n) is 6.85. The van der Waals surface area contributed by atoms with Gasteiger partial charge in [0.1, 0.15) is 5.75 Å². The average molecular weight is 279 g/mol. The number of aromatic nitrogens is 1. The molecule has 0 N–H and O–H groups in total. The van der Waals surface area contributed by atoms with Gasteiger partial charge in [-0.2, -0.15) is 0 Å². The number of carbonyl (C=O) groups is 1. The zero-order chi connectivity index (χ0) is 15.0. The number of hydrogen-bond donors (Lipinski definition) is 0. The minimum absolute atomic E-state index is 0.0220. The van der Waals surface area contributed by atoms with E-state index in [0.29, 0.717) is 11.1 Å². The molecular formula is C18H17NO2. The van der Waals surface area contributed by atoms with Gasteiger partial charge in [0.2, 0.25) is 0 Å². The van der Waals surface area contributed by atoms with Gasteiger partial charge in [0, 0.05) is 18.8 Å². The maximum Gasteiger partial charge on any atom is 0.195 e.